The zero-order valence-corrected chi connectivity index (χ0v) is 13.9. The Bertz CT molecular complexity index is 749. The van der Waals surface area contributed by atoms with Crippen LogP contribution in [0.1, 0.15) is 5.69 Å². The predicted molar refractivity (Wildman–Crippen MR) is 89.3 cm³/mol. The fraction of sp³-hybridized carbons (Fsp3) is 0.250. The molecule has 23 heavy (non-hydrogen) atoms. The summed E-state index contributed by atoms with van der Waals surface area (Å²) >= 11 is 0. The number of hydrogen-bond acceptors (Lipinski definition) is 4. The van der Waals surface area contributed by atoms with Crippen molar-refractivity contribution < 1.29 is 13.2 Å². The molecule has 1 aromatic heterocycles. The van der Waals surface area contributed by atoms with Gasteiger partial charge in [0.25, 0.3) is 0 Å². The van der Waals surface area contributed by atoms with Crippen molar-refractivity contribution in [3.63, 3.8) is 0 Å². The number of anilines is 1. The van der Waals surface area contributed by atoms with Gasteiger partial charge in [0, 0.05) is 18.9 Å². The normalized spacial score (nSPS) is 11.4. The van der Waals surface area contributed by atoms with E-state index in [1.54, 1.807) is 43.6 Å². The van der Waals surface area contributed by atoms with Crippen molar-refractivity contribution in [2.45, 2.75) is 6.54 Å². The number of amides is 1. The van der Waals surface area contributed by atoms with Crippen LogP contribution in [0.2, 0.25) is 0 Å². The van der Waals surface area contributed by atoms with Gasteiger partial charge in [0.1, 0.15) is 0 Å². The van der Waals surface area contributed by atoms with Crippen LogP contribution in [0.3, 0.4) is 0 Å². The highest BCUT2D eigenvalue weighted by Crippen LogP contribution is 2.13. The van der Waals surface area contributed by atoms with Crippen molar-refractivity contribution in [2.75, 3.05) is 24.7 Å². The lowest BCUT2D eigenvalue weighted by molar-refractivity contribution is -0.118. The first kappa shape index (κ1) is 17.1. The summed E-state index contributed by atoms with van der Waals surface area (Å²) in [5.74, 6) is -0.308. The first-order valence-electron chi connectivity index (χ1n) is 7.04. The fourth-order valence-electron chi connectivity index (χ4n) is 2.02. The van der Waals surface area contributed by atoms with Gasteiger partial charge in [-0.25, -0.2) is 8.42 Å². The second kappa shape index (κ2) is 7.34. The Morgan fingerprint density at radius 3 is 2.30 bits per heavy atom. The van der Waals surface area contributed by atoms with E-state index in [1.165, 1.54) is 4.90 Å². The third-order valence-corrected chi connectivity index (χ3v) is 4.56. The van der Waals surface area contributed by atoms with E-state index in [0.717, 1.165) is 10.6 Å². The van der Waals surface area contributed by atoms with E-state index >= 15 is 0 Å². The monoisotopic (exact) mass is 333 g/mol. The largest absolute Gasteiger partial charge is 0.314 e. The van der Waals surface area contributed by atoms with Gasteiger partial charge in [-0.15, -0.1) is 0 Å². The lowest BCUT2D eigenvalue weighted by Gasteiger charge is -2.23. The van der Waals surface area contributed by atoms with Gasteiger partial charge in [-0.2, -0.15) is 4.31 Å². The highest BCUT2D eigenvalue weighted by atomic mass is 32.2. The number of rotatable bonds is 6. The molecule has 0 N–H and O–H groups in total. The number of para-hydroxylation sites is 1. The summed E-state index contributed by atoms with van der Waals surface area (Å²) in [5, 5.41) is 0. The van der Waals surface area contributed by atoms with Crippen molar-refractivity contribution >= 4 is 21.6 Å². The van der Waals surface area contributed by atoms with Crippen molar-refractivity contribution in [2.24, 2.45) is 0 Å². The number of carbonyl (C=O) groups is 1. The Morgan fingerprint density at radius 2 is 1.74 bits per heavy atom. The smallest absolute Gasteiger partial charge is 0.242 e. The number of benzene rings is 1. The van der Waals surface area contributed by atoms with Gasteiger partial charge >= 0.3 is 0 Å². The van der Waals surface area contributed by atoms with Crippen molar-refractivity contribution in [1.29, 1.82) is 0 Å². The molecule has 2 rings (SSSR count). The maximum absolute atomic E-state index is 12.4. The molecule has 1 heterocycles. The molecule has 0 saturated heterocycles. The molecule has 0 aliphatic carbocycles. The minimum absolute atomic E-state index is 0.0635. The lowest BCUT2D eigenvalue weighted by atomic mass is 10.3. The summed E-state index contributed by atoms with van der Waals surface area (Å²) in [4.78, 5) is 17.9. The van der Waals surface area contributed by atoms with Gasteiger partial charge < -0.3 is 4.90 Å². The summed E-state index contributed by atoms with van der Waals surface area (Å²) in [6.07, 6.45) is 2.68. The average molecular weight is 333 g/mol. The molecule has 0 aliphatic heterocycles. The molecule has 6 nitrogen and oxygen atoms in total. The van der Waals surface area contributed by atoms with Crippen LogP contribution in [0.25, 0.3) is 0 Å². The molecule has 7 heteroatoms. The summed E-state index contributed by atoms with van der Waals surface area (Å²) < 4.78 is 25.0. The van der Waals surface area contributed by atoms with E-state index in [2.05, 4.69) is 4.98 Å². The summed E-state index contributed by atoms with van der Waals surface area (Å²) in [6, 6.07) is 14.3. The number of sulfonamides is 1. The highest BCUT2D eigenvalue weighted by molar-refractivity contribution is 7.88. The van der Waals surface area contributed by atoms with Crippen LogP contribution in [0.4, 0.5) is 5.69 Å². The third kappa shape index (κ3) is 4.87. The first-order valence-corrected chi connectivity index (χ1v) is 8.89. The van der Waals surface area contributed by atoms with Crippen LogP contribution in [0.15, 0.2) is 54.7 Å². The summed E-state index contributed by atoms with van der Waals surface area (Å²) in [6.45, 7) is -0.172. The number of likely N-dealkylation sites (N-methyl/N-ethyl adjacent to an activating group) is 1. The van der Waals surface area contributed by atoms with Crippen LogP contribution in [0.5, 0.6) is 0 Å². The number of nitrogens with zero attached hydrogens (tertiary/aromatic N) is 3. The maximum Gasteiger partial charge on any atom is 0.242 e. The van der Waals surface area contributed by atoms with Crippen molar-refractivity contribution in [3.8, 4) is 0 Å². The van der Waals surface area contributed by atoms with Crippen LogP contribution in [-0.4, -0.2) is 43.5 Å². The topological polar surface area (TPSA) is 70.6 Å². The van der Waals surface area contributed by atoms with E-state index in [-0.39, 0.29) is 19.0 Å². The zero-order chi connectivity index (χ0) is 16.9. The minimum Gasteiger partial charge on any atom is -0.314 e. The SMILES string of the molecule is CN(C(=O)CN(Cc1ccccn1)S(C)(=O)=O)c1ccccc1. The molecule has 0 unspecified atom stereocenters. The molecule has 1 aromatic carbocycles. The second-order valence-corrected chi connectivity index (χ2v) is 7.12. The molecule has 1 amide bonds. The van der Waals surface area contributed by atoms with Crippen LogP contribution in [-0.2, 0) is 21.4 Å². The minimum atomic E-state index is -3.53. The Hall–Kier alpha value is -2.25. The summed E-state index contributed by atoms with van der Waals surface area (Å²) in [7, 11) is -1.90. The maximum atomic E-state index is 12.4. The molecule has 122 valence electrons. The van der Waals surface area contributed by atoms with Gasteiger partial charge in [0.05, 0.1) is 25.0 Å². The Balaban J connectivity index is 2.13. The third-order valence-electron chi connectivity index (χ3n) is 3.36. The van der Waals surface area contributed by atoms with Crippen molar-refractivity contribution in [3.05, 3.63) is 60.4 Å². The van der Waals surface area contributed by atoms with Crippen molar-refractivity contribution in [1.82, 2.24) is 9.29 Å². The molecule has 2 aromatic rings. The Labute approximate surface area is 136 Å². The van der Waals surface area contributed by atoms with Gasteiger partial charge in [0.15, 0.2) is 0 Å². The number of aromatic nitrogens is 1. The number of hydrogen-bond donors (Lipinski definition) is 0. The zero-order valence-electron chi connectivity index (χ0n) is 13.1. The van der Waals surface area contributed by atoms with Crippen LogP contribution in [0, 0.1) is 0 Å². The molecular weight excluding hydrogens is 314 g/mol. The molecule has 0 saturated carbocycles. The molecule has 0 atom stereocenters. The van der Waals surface area contributed by atoms with Gasteiger partial charge in [-0.1, -0.05) is 24.3 Å². The summed E-state index contributed by atoms with van der Waals surface area (Å²) in [5.41, 5.74) is 1.30. The second-order valence-electron chi connectivity index (χ2n) is 5.14. The fourth-order valence-corrected chi connectivity index (χ4v) is 2.73. The quantitative estimate of drug-likeness (QED) is 0.803. The highest BCUT2D eigenvalue weighted by Gasteiger charge is 2.23. The molecule has 0 spiro atoms. The van der Waals surface area contributed by atoms with Gasteiger partial charge in [-0.3, -0.25) is 9.78 Å². The standard InChI is InChI=1S/C16H19N3O3S/c1-18(15-9-4-3-5-10-15)16(20)13-19(23(2,21)22)12-14-8-6-7-11-17-14/h3-11H,12-13H2,1-2H3. The molecule has 0 aliphatic rings. The van der Waals surface area contributed by atoms with E-state index in [1.807, 2.05) is 18.2 Å². The van der Waals surface area contributed by atoms with E-state index < -0.39 is 10.0 Å². The van der Waals surface area contributed by atoms with Gasteiger partial charge in [0.2, 0.25) is 15.9 Å². The molecule has 0 radical (unpaired) electrons. The Morgan fingerprint density at radius 1 is 1.09 bits per heavy atom. The Kier molecular flexibility index (Phi) is 5.46. The number of carbonyl (C=O) groups excluding carboxylic acids is 1. The van der Waals surface area contributed by atoms with E-state index in [9.17, 15) is 13.2 Å². The predicted octanol–water partition coefficient (Wildman–Crippen LogP) is 1.51. The number of pyridine rings is 1. The molecular formula is C16H19N3O3S. The average Bonchev–Trinajstić information content (AvgIpc) is 2.54. The van der Waals surface area contributed by atoms with Crippen LogP contribution >= 0.6 is 0 Å². The van der Waals surface area contributed by atoms with Crippen LogP contribution < -0.4 is 4.90 Å². The van der Waals surface area contributed by atoms with E-state index in [4.69, 9.17) is 0 Å². The van der Waals surface area contributed by atoms with E-state index in [0.29, 0.717) is 11.4 Å². The molecule has 0 bridgehead atoms. The first-order chi connectivity index (χ1) is 10.9. The van der Waals surface area contributed by atoms with Gasteiger partial charge in [-0.05, 0) is 24.3 Å². The molecule has 0 fully saturated rings. The lowest BCUT2D eigenvalue weighted by Crippen LogP contribution is -2.40.